The van der Waals surface area contributed by atoms with Gasteiger partial charge in [-0.25, -0.2) is 9.97 Å². The number of thiazole rings is 1. The summed E-state index contributed by atoms with van der Waals surface area (Å²) in [4.78, 5) is 36.4. The molecule has 2 aromatic carbocycles. The third kappa shape index (κ3) is 4.73. The second-order valence-electron chi connectivity index (χ2n) is 7.96. The predicted octanol–water partition coefficient (Wildman–Crippen LogP) is 4.21. The quantitative estimate of drug-likeness (QED) is 0.350. The number of anilines is 2. The Balaban J connectivity index is 1.48. The number of fused-ring (bicyclic) bond motifs is 1. The summed E-state index contributed by atoms with van der Waals surface area (Å²) >= 11 is 7.42. The number of aromatic nitrogens is 2. The number of carbonyl (C=O) groups is 2. The van der Waals surface area contributed by atoms with Crippen LogP contribution in [0.25, 0.3) is 0 Å². The summed E-state index contributed by atoms with van der Waals surface area (Å²) in [7, 11) is 0. The third-order valence-electron chi connectivity index (χ3n) is 5.59. The summed E-state index contributed by atoms with van der Waals surface area (Å²) in [6, 6.07) is 12.0. The Hall–Kier alpha value is -4.39. The number of phenols is 1. The average molecular weight is 516 g/mol. The van der Waals surface area contributed by atoms with Crippen LogP contribution in [0, 0.1) is 11.8 Å². The summed E-state index contributed by atoms with van der Waals surface area (Å²) < 4.78 is 0. The predicted molar refractivity (Wildman–Crippen MR) is 138 cm³/mol. The molecule has 2 amide bonds. The Morgan fingerprint density at radius 2 is 1.94 bits per heavy atom. The highest BCUT2D eigenvalue weighted by Gasteiger charge is 2.39. The van der Waals surface area contributed by atoms with Crippen LogP contribution in [-0.2, 0) is 11.3 Å². The minimum Gasteiger partial charge on any atom is -0.508 e. The minimum atomic E-state index is -1.14. The molecule has 178 valence electrons. The molecule has 0 unspecified atom stereocenters. The van der Waals surface area contributed by atoms with Crippen LogP contribution in [0.4, 0.5) is 10.9 Å². The Bertz CT molecular complexity index is 1530. The first kappa shape index (κ1) is 23.4. The van der Waals surface area contributed by atoms with E-state index in [1.165, 1.54) is 34.4 Å². The minimum absolute atomic E-state index is 0.147. The number of aromatic hydroxyl groups is 1. The van der Waals surface area contributed by atoms with E-state index >= 15 is 0 Å². The number of nitrogens with one attached hydrogen (secondary N) is 1. The number of amides is 2. The topological polar surface area (TPSA) is 121 Å². The molecular weight excluding hydrogens is 498 g/mol. The number of rotatable bonds is 4. The smallest absolute Gasteiger partial charge is 0.255 e. The van der Waals surface area contributed by atoms with E-state index in [2.05, 4.69) is 27.1 Å². The van der Waals surface area contributed by atoms with Crippen molar-refractivity contribution in [3.8, 4) is 17.6 Å². The van der Waals surface area contributed by atoms with E-state index in [-0.39, 0.29) is 23.8 Å². The molecule has 0 saturated carbocycles. The lowest BCUT2D eigenvalue weighted by atomic mass is 10.0. The van der Waals surface area contributed by atoms with E-state index in [0.717, 1.165) is 5.56 Å². The fourth-order valence-electron chi connectivity index (χ4n) is 3.89. The van der Waals surface area contributed by atoms with Gasteiger partial charge in [0.2, 0.25) is 0 Å². The summed E-state index contributed by atoms with van der Waals surface area (Å²) in [6.07, 6.45) is 3.14. The van der Waals surface area contributed by atoms with Crippen molar-refractivity contribution in [1.82, 2.24) is 14.9 Å². The van der Waals surface area contributed by atoms with Gasteiger partial charge >= 0.3 is 0 Å². The molecule has 4 N–H and O–H groups in total. The van der Waals surface area contributed by atoms with Gasteiger partial charge < -0.3 is 15.7 Å². The zero-order chi connectivity index (χ0) is 25.2. The van der Waals surface area contributed by atoms with Gasteiger partial charge in [0.15, 0.2) is 5.13 Å². The maximum Gasteiger partial charge on any atom is 0.255 e. The lowest BCUT2D eigenvalue weighted by molar-refractivity contribution is -0.120. The van der Waals surface area contributed by atoms with Crippen molar-refractivity contribution in [1.29, 1.82) is 0 Å². The first-order valence-corrected chi connectivity index (χ1v) is 12.0. The first-order valence-electron chi connectivity index (χ1n) is 10.8. The Morgan fingerprint density at radius 3 is 2.69 bits per heavy atom. The van der Waals surface area contributed by atoms with Gasteiger partial charge in [-0.3, -0.25) is 14.9 Å². The molecule has 1 aliphatic heterocycles. The van der Waals surface area contributed by atoms with Gasteiger partial charge in [0, 0.05) is 51.6 Å². The van der Waals surface area contributed by atoms with Crippen molar-refractivity contribution >= 4 is 45.7 Å². The largest absolute Gasteiger partial charge is 0.508 e. The molecule has 8 nitrogen and oxygen atoms in total. The van der Waals surface area contributed by atoms with Crippen molar-refractivity contribution < 1.29 is 14.7 Å². The Kier molecular flexibility index (Phi) is 6.29. The van der Waals surface area contributed by atoms with Crippen LogP contribution in [0.3, 0.4) is 0 Å². The number of phenolic OH excluding ortho intramolecular Hbond substituents is 1. The fourth-order valence-corrected chi connectivity index (χ4v) is 4.60. The van der Waals surface area contributed by atoms with E-state index in [1.807, 2.05) is 12.1 Å². The lowest BCUT2D eigenvalue weighted by Gasteiger charge is -2.27. The monoisotopic (exact) mass is 515 g/mol. The Morgan fingerprint density at radius 1 is 1.14 bits per heavy atom. The zero-order valence-corrected chi connectivity index (χ0v) is 20.2. The van der Waals surface area contributed by atoms with Gasteiger partial charge in [-0.2, -0.15) is 0 Å². The molecule has 1 aliphatic rings. The molecule has 0 bridgehead atoms. The lowest BCUT2D eigenvalue weighted by Crippen LogP contribution is -2.37. The number of nitrogens with zero attached hydrogens (tertiary/aromatic N) is 3. The van der Waals surface area contributed by atoms with Gasteiger partial charge in [0.25, 0.3) is 11.8 Å². The van der Waals surface area contributed by atoms with Gasteiger partial charge in [0.1, 0.15) is 17.6 Å². The zero-order valence-electron chi connectivity index (χ0n) is 18.6. The molecule has 0 spiro atoms. The first-order chi connectivity index (χ1) is 17.4. The SMILES string of the molecule is Nc1ccc(C#Cc2ccc3c(c2)C(=O)N([C@@H](C(=O)Nc2nccs2)c2cc(Cl)ccc2O)C3)cn1. The summed E-state index contributed by atoms with van der Waals surface area (Å²) in [5.74, 6) is 5.41. The number of carbonyl (C=O) groups excluding carboxylic acids is 2. The van der Waals surface area contributed by atoms with E-state index in [1.54, 1.807) is 36.0 Å². The van der Waals surface area contributed by atoms with Crippen LogP contribution in [0.5, 0.6) is 5.75 Å². The number of hydrogen-bond donors (Lipinski definition) is 3. The normalized spacial score (nSPS) is 13.0. The van der Waals surface area contributed by atoms with E-state index in [0.29, 0.717) is 32.7 Å². The molecular formula is C26H18ClN5O3S. The molecule has 1 atom stereocenters. The molecule has 0 fully saturated rings. The van der Waals surface area contributed by atoms with Gasteiger partial charge in [0.05, 0.1) is 0 Å². The highest BCUT2D eigenvalue weighted by atomic mass is 35.5. The number of nitrogens with two attached hydrogens (primary N) is 1. The number of nitrogen functional groups attached to an aromatic ring is 1. The van der Waals surface area contributed by atoms with Crippen molar-refractivity contribution in [3.05, 3.63) is 99.1 Å². The summed E-state index contributed by atoms with van der Waals surface area (Å²) in [5, 5.41) is 15.7. The van der Waals surface area contributed by atoms with Crippen molar-refractivity contribution in [2.45, 2.75) is 12.6 Å². The fraction of sp³-hybridized carbons (Fsp3) is 0.0769. The molecule has 3 heterocycles. The molecule has 0 saturated heterocycles. The van der Waals surface area contributed by atoms with Crippen LogP contribution < -0.4 is 11.1 Å². The maximum atomic E-state index is 13.5. The molecule has 0 aliphatic carbocycles. The molecule has 36 heavy (non-hydrogen) atoms. The van der Waals surface area contributed by atoms with Gasteiger partial charge in [-0.15, -0.1) is 11.3 Å². The molecule has 10 heteroatoms. The number of hydrogen-bond acceptors (Lipinski definition) is 7. The van der Waals surface area contributed by atoms with Crippen molar-refractivity contribution in [2.24, 2.45) is 0 Å². The van der Waals surface area contributed by atoms with Crippen molar-refractivity contribution in [2.75, 3.05) is 11.1 Å². The molecule has 0 radical (unpaired) electrons. The van der Waals surface area contributed by atoms with Gasteiger partial charge in [-0.1, -0.05) is 29.5 Å². The van der Waals surface area contributed by atoms with Crippen LogP contribution in [0.2, 0.25) is 5.02 Å². The standard InChI is InChI=1S/C26H18ClN5O3S/c27-18-6-7-21(33)20(12-18)23(24(34)31-26-29-9-10-36-26)32-14-17-5-3-15(11-19(17)25(32)35)1-2-16-4-8-22(28)30-13-16/h3-13,23,33H,14H2,(H2,28,30)(H,29,31,34)/t23-/m1/s1. The number of benzene rings is 2. The average Bonchev–Trinajstić information content (AvgIpc) is 3.49. The van der Waals surface area contributed by atoms with E-state index in [4.69, 9.17) is 17.3 Å². The van der Waals surface area contributed by atoms with Crippen LogP contribution in [-0.4, -0.2) is 31.8 Å². The number of pyridine rings is 1. The highest BCUT2D eigenvalue weighted by molar-refractivity contribution is 7.13. The molecule has 4 aromatic rings. The highest BCUT2D eigenvalue weighted by Crippen LogP contribution is 2.37. The van der Waals surface area contributed by atoms with E-state index in [9.17, 15) is 14.7 Å². The molecule has 2 aromatic heterocycles. The van der Waals surface area contributed by atoms with Crippen LogP contribution in [0.1, 0.15) is 38.7 Å². The summed E-state index contributed by atoms with van der Waals surface area (Å²) in [6.45, 7) is 0.172. The third-order valence-corrected chi connectivity index (χ3v) is 6.51. The van der Waals surface area contributed by atoms with E-state index < -0.39 is 11.9 Å². The second kappa shape index (κ2) is 9.70. The van der Waals surface area contributed by atoms with Gasteiger partial charge in [-0.05, 0) is 48.0 Å². The Labute approximate surface area is 215 Å². The molecule has 5 rings (SSSR count). The van der Waals surface area contributed by atoms with Crippen LogP contribution in [0.15, 0.2) is 66.3 Å². The van der Waals surface area contributed by atoms with Crippen molar-refractivity contribution in [3.63, 3.8) is 0 Å². The second-order valence-corrected chi connectivity index (χ2v) is 9.29. The van der Waals surface area contributed by atoms with Crippen LogP contribution >= 0.6 is 22.9 Å². The maximum absolute atomic E-state index is 13.5. The summed E-state index contributed by atoms with van der Waals surface area (Å²) in [5.41, 5.74) is 8.33. The number of halogens is 1.